The van der Waals surface area contributed by atoms with Crippen LogP contribution < -0.4 is 26.2 Å². The molecule has 4 N–H and O–H groups in total. The molecule has 12 nitrogen and oxygen atoms in total. The Kier molecular flexibility index (Phi) is 9.70. The minimum Gasteiger partial charge on any atom is -0.374 e. The van der Waals surface area contributed by atoms with E-state index >= 15 is 0 Å². The van der Waals surface area contributed by atoms with Crippen LogP contribution in [-0.2, 0) is 19.8 Å². The third-order valence-corrected chi connectivity index (χ3v) is 9.21. The second-order valence-corrected chi connectivity index (χ2v) is 13.0. The Hall–Kier alpha value is -5.26. The van der Waals surface area contributed by atoms with Gasteiger partial charge in [0.05, 0.1) is 11.9 Å². The summed E-state index contributed by atoms with van der Waals surface area (Å²) in [4.78, 5) is 55.7. The van der Waals surface area contributed by atoms with Gasteiger partial charge in [-0.05, 0) is 68.0 Å². The van der Waals surface area contributed by atoms with Gasteiger partial charge in [0.2, 0.25) is 23.5 Å². The molecule has 2 saturated heterocycles. The van der Waals surface area contributed by atoms with Crippen molar-refractivity contribution in [1.29, 1.82) is 0 Å². The third-order valence-electron chi connectivity index (χ3n) is 9.21. The molecular weight excluding hydrogens is 608 g/mol. The Morgan fingerprint density at radius 1 is 1.02 bits per heavy atom. The summed E-state index contributed by atoms with van der Waals surface area (Å²) in [7, 11) is 0. The van der Waals surface area contributed by atoms with Gasteiger partial charge in [0, 0.05) is 49.3 Å². The molecule has 4 amide bonds. The molecule has 2 aliphatic rings. The van der Waals surface area contributed by atoms with Crippen LogP contribution in [0.1, 0.15) is 73.6 Å². The van der Waals surface area contributed by atoms with Crippen LogP contribution in [0.15, 0.2) is 66.9 Å². The number of benzene rings is 2. The number of nitrogens with one attached hydrogen (secondary N) is 4. The van der Waals surface area contributed by atoms with E-state index in [0.29, 0.717) is 42.8 Å². The van der Waals surface area contributed by atoms with Gasteiger partial charge in [-0.1, -0.05) is 49.7 Å². The van der Waals surface area contributed by atoms with Gasteiger partial charge >= 0.3 is 0 Å². The molecule has 0 bridgehead atoms. The number of carbonyl (C=O) groups excluding carboxylic acids is 4. The van der Waals surface area contributed by atoms with Crippen LogP contribution in [0.4, 0.5) is 17.1 Å². The average Bonchev–Trinajstić information content (AvgIpc) is 3.70. The first-order chi connectivity index (χ1) is 23.2. The van der Waals surface area contributed by atoms with Gasteiger partial charge in [-0.25, -0.2) is 9.50 Å². The Labute approximate surface area is 279 Å². The topological polar surface area (TPSA) is 150 Å². The number of pyridine rings is 1. The number of imide groups is 1. The lowest BCUT2D eigenvalue weighted by atomic mass is 9.82. The number of aryl methyl sites for hydroxylation is 1. The molecule has 2 aromatic heterocycles. The molecule has 0 radical (unpaired) electrons. The zero-order valence-corrected chi connectivity index (χ0v) is 27.4. The maximum atomic E-state index is 12.9. The molecule has 250 valence electrons. The molecule has 2 atom stereocenters. The smallest absolute Gasteiger partial charge is 0.290 e. The summed E-state index contributed by atoms with van der Waals surface area (Å²) in [5.74, 6) is -0.903. The van der Waals surface area contributed by atoms with Crippen LogP contribution >= 0.6 is 0 Å². The summed E-state index contributed by atoms with van der Waals surface area (Å²) in [6.07, 6.45) is 6.23. The van der Waals surface area contributed by atoms with E-state index in [4.69, 9.17) is 0 Å². The van der Waals surface area contributed by atoms with Crippen molar-refractivity contribution in [2.75, 3.05) is 35.2 Å². The van der Waals surface area contributed by atoms with Gasteiger partial charge in [0.25, 0.3) is 5.91 Å². The molecule has 0 saturated carbocycles. The molecule has 1 unspecified atom stereocenters. The maximum Gasteiger partial charge on any atom is 0.290 e. The highest BCUT2D eigenvalue weighted by atomic mass is 16.2. The molecule has 4 heterocycles. The van der Waals surface area contributed by atoms with Gasteiger partial charge in [-0.15, -0.1) is 5.10 Å². The van der Waals surface area contributed by atoms with Crippen molar-refractivity contribution in [3.8, 4) is 0 Å². The fourth-order valence-corrected chi connectivity index (χ4v) is 6.47. The predicted molar refractivity (Wildman–Crippen MR) is 184 cm³/mol. The van der Waals surface area contributed by atoms with Crippen LogP contribution in [0.2, 0.25) is 0 Å². The molecule has 4 aromatic rings. The van der Waals surface area contributed by atoms with Gasteiger partial charge in [0.15, 0.2) is 5.65 Å². The fraction of sp³-hybridized carbons (Fsp3) is 0.389. The van der Waals surface area contributed by atoms with Crippen molar-refractivity contribution in [1.82, 2.24) is 25.2 Å². The Balaban J connectivity index is 0.930. The summed E-state index contributed by atoms with van der Waals surface area (Å²) >= 11 is 0. The minimum absolute atomic E-state index is 0.0752. The number of piperidine rings is 1. The summed E-state index contributed by atoms with van der Waals surface area (Å²) in [6, 6.07) is 19.4. The van der Waals surface area contributed by atoms with Crippen molar-refractivity contribution < 1.29 is 19.2 Å². The van der Waals surface area contributed by atoms with Crippen molar-refractivity contribution in [2.45, 2.75) is 70.3 Å². The quantitative estimate of drug-likeness (QED) is 0.131. The monoisotopic (exact) mass is 650 g/mol. The Morgan fingerprint density at radius 2 is 1.83 bits per heavy atom. The molecule has 0 aliphatic carbocycles. The van der Waals surface area contributed by atoms with E-state index in [-0.39, 0.29) is 41.3 Å². The average molecular weight is 651 g/mol. The van der Waals surface area contributed by atoms with Gasteiger partial charge in [0.1, 0.15) is 6.04 Å². The summed E-state index contributed by atoms with van der Waals surface area (Å²) in [5, 5.41) is 15.8. The molecule has 2 fully saturated rings. The second kappa shape index (κ2) is 14.2. The van der Waals surface area contributed by atoms with E-state index in [1.165, 1.54) is 5.56 Å². The van der Waals surface area contributed by atoms with Gasteiger partial charge < -0.3 is 20.9 Å². The first-order valence-corrected chi connectivity index (χ1v) is 16.6. The molecule has 2 aliphatic heterocycles. The number of unbranched alkanes of at least 4 members (excludes halogenated alkanes) is 2. The lowest BCUT2D eigenvalue weighted by molar-refractivity contribution is -0.133. The summed E-state index contributed by atoms with van der Waals surface area (Å²) in [6.45, 7) is 6.61. The third kappa shape index (κ3) is 7.64. The van der Waals surface area contributed by atoms with E-state index in [1.54, 1.807) is 22.7 Å². The number of amides is 4. The van der Waals surface area contributed by atoms with Crippen LogP contribution in [0.25, 0.3) is 5.65 Å². The van der Waals surface area contributed by atoms with Crippen LogP contribution in [0.5, 0.6) is 0 Å². The number of nitrogens with zero attached hydrogens (tertiary/aromatic N) is 4. The van der Waals surface area contributed by atoms with E-state index in [2.05, 4.69) is 73.5 Å². The Bertz CT molecular complexity index is 1820. The SMILES string of the molecule is Cc1cc(N2CC[C@](C)(c3ccccc3)C2)cn2nc(C(=O)NCCCCCC(=O)Nc3cccc(NC4CCC(=O)NC4=O)c3)nc12. The zero-order chi connectivity index (χ0) is 33.7. The first kappa shape index (κ1) is 32.7. The number of rotatable bonds is 12. The number of aromatic nitrogens is 3. The highest BCUT2D eigenvalue weighted by Gasteiger charge is 2.35. The predicted octanol–water partition coefficient (Wildman–Crippen LogP) is 4.35. The maximum absolute atomic E-state index is 12.9. The molecule has 12 heteroatoms. The summed E-state index contributed by atoms with van der Waals surface area (Å²) < 4.78 is 1.71. The van der Waals surface area contributed by atoms with Gasteiger partial charge in [-0.2, -0.15) is 0 Å². The zero-order valence-electron chi connectivity index (χ0n) is 27.4. The standard InChI is InChI=1S/C36H42N8O4/c1-24-20-28(43-19-17-36(2,23-43)25-10-5-3-6-11-25)22-44-33(24)41-32(42-44)35(48)37-18-8-4-7-14-30(45)39-27-13-9-12-26(21-27)38-29-15-16-31(46)40-34(29)47/h3,5-6,9-13,20-22,29,38H,4,7-8,14-19,23H2,1-2H3,(H,37,48)(H,39,45)(H,40,46,47)/t29?,36-/m0/s1. The largest absolute Gasteiger partial charge is 0.374 e. The van der Waals surface area contributed by atoms with Crippen LogP contribution in [-0.4, -0.2) is 63.9 Å². The number of hydrogen-bond acceptors (Lipinski definition) is 8. The minimum atomic E-state index is -0.493. The number of anilines is 3. The summed E-state index contributed by atoms with van der Waals surface area (Å²) in [5.41, 5.74) is 5.42. The molecule has 6 rings (SSSR count). The lowest BCUT2D eigenvalue weighted by Crippen LogP contribution is -2.47. The number of fused-ring (bicyclic) bond motifs is 1. The van der Waals surface area contributed by atoms with Crippen LogP contribution in [0, 0.1) is 6.92 Å². The lowest BCUT2D eigenvalue weighted by Gasteiger charge is -2.26. The molecule has 0 spiro atoms. The number of hydrogen-bond donors (Lipinski definition) is 4. The van der Waals surface area contributed by atoms with Crippen molar-refractivity contribution >= 4 is 46.3 Å². The molecule has 48 heavy (non-hydrogen) atoms. The normalized spacial score (nSPS) is 19.3. The molecule has 2 aromatic carbocycles. The van der Waals surface area contributed by atoms with E-state index in [0.717, 1.165) is 43.6 Å². The van der Waals surface area contributed by atoms with E-state index < -0.39 is 6.04 Å². The Morgan fingerprint density at radius 3 is 2.65 bits per heavy atom. The highest BCUT2D eigenvalue weighted by Crippen LogP contribution is 2.36. The molecular formula is C36H42N8O4. The van der Waals surface area contributed by atoms with Gasteiger partial charge in [-0.3, -0.25) is 24.5 Å². The van der Waals surface area contributed by atoms with Crippen molar-refractivity contribution in [2.24, 2.45) is 0 Å². The van der Waals surface area contributed by atoms with E-state index in [1.807, 2.05) is 25.3 Å². The van der Waals surface area contributed by atoms with E-state index in [9.17, 15) is 19.2 Å². The highest BCUT2D eigenvalue weighted by molar-refractivity contribution is 6.01. The number of carbonyl (C=O) groups is 4. The fourth-order valence-electron chi connectivity index (χ4n) is 6.47. The van der Waals surface area contributed by atoms with Crippen molar-refractivity contribution in [3.63, 3.8) is 0 Å². The first-order valence-electron chi connectivity index (χ1n) is 16.6. The van der Waals surface area contributed by atoms with Crippen molar-refractivity contribution in [3.05, 3.63) is 83.8 Å². The van der Waals surface area contributed by atoms with Crippen LogP contribution in [0.3, 0.4) is 0 Å². The second-order valence-electron chi connectivity index (χ2n) is 13.0.